The molecule has 0 aliphatic carbocycles. The van der Waals surface area contributed by atoms with Gasteiger partial charge in [-0.1, -0.05) is 0 Å². The van der Waals surface area contributed by atoms with Crippen molar-refractivity contribution in [2.24, 2.45) is 4.99 Å². The predicted molar refractivity (Wildman–Crippen MR) is 88.8 cm³/mol. The lowest BCUT2D eigenvalue weighted by atomic mass is 10.3. The zero-order valence-electron chi connectivity index (χ0n) is 13.1. The van der Waals surface area contributed by atoms with Gasteiger partial charge >= 0.3 is 0 Å². The SMILES string of the molecule is CCNC(=NCc1nnc2n1CCC2)NCCCCSC. The van der Waals surface area contributed by atoms with E-state index in [4.69, 9.17) is 0 Å². The monoisotopic (exact) mass is 310 g/mol. The van der Waals surface area contributed by atoms with Gasteiger partial charge < -0.3 is 15.2 Å². The molecular weight excluding hydrogens is 284 g/mol. The molecule has 0 aromatic carbocycles. The third-order valence-corrected chi connectivity index (χ3v) is 4.17. The summed E-state index contributed by atoms with van der Waals surface area (Å²) in [6.45, 7) is 5.54. The van der Waals surface area contributed by atoms with Crippen molar-refractivity contribution in [1.82, 2.24) is 25.4 Å². The molecule has 1 aliphatic heterocycles. The lowest BCUT2D eigenvalue weighted by Gasteiger charge is -2.11. The van der Waals surface area contributed by atoms with E-state index in [1.54, 1.807) is 0 Å². The van der Waals surface area contributed by atoms with Crippen LogP contribution in [0.5, 0.6) is 0 Å². The fourth-order valence-corrected chi connectivity index (χ4v) is 2.89. The fraction of sp³-hybridized carbons (Fsp3) is 0.786. The van der Waals surface area contributed by atoms with Crippen LogP contribution in [0, 0.1) is 0 Å². The Morgan fingerprint density at radius 2 is 2.24 bits per heavy atom. The molecule has 0 amide bonds. The average Bonchev–Trinajstić information content (AvgIpc) is 3.08. The average molecular weight is 310 g/mol. The summed E-state index contributed by atoms with van der Waals surface area (Å²) in [7, 11) is 0. The van der Waals surface area contributed by atoms with Crippen molar-refractivity contribution >= 4 is 17.7 Å². The number of rotatable bonds is 8. The number of unbranched alkanes of at least 4 members (excludes halogenated alkanes) is 1. The van der Waals surface area contributed by atoms with Gasteiger partial charge in [-0.2, -0.15) is 11.8 Å². The summed E-state index contributed by atoms with van der Waals surface area (Å²) in [6, 6.07) is 0. The van der Waals surface area contributed by atoms with Crippen molar-refractivity contribution in [3.05, 3.63) is 11.6 Å². The number of aliphatic imine (C=N–C) groups is 1. The molecule has 0 unspecified atom stereocenters. The first-order valence-electron chi connectivity index (χ1n) is 7.77. The smallest absolute Gasteiger partial charge is 0.191 e. The molecule has 118 valence electrons. The summed E-state index contributed by atoms with van der Waals surface area (Å²) in [6.07, 6.45) is 6.78. The Morgan fingerprint density at radius 3 is 3.05 bits per heavy atom. The largest absolute Gasteiger partial charge is 0.357 e. The van der Waals surface area contributed by atoms with Crippen LogP contribution >= 0.6 is 11.8 Å². The molecule has 0 saturated heterocycles. The number of hydrogen-bond donors (Lipinski definition) is 2. The molecule has 2 rings (SSSR count). The van der Waals surface area contributed by atoms with Gasteiger partial charge in [-0.15, -0.1) is 10.2 Å². The molecule has 0 bridgehead atoms. The second-order valence-electron chi connectivity index (χ2n) is 5.11. The van der Waals surface area contributed by atoms with Crippen LogP contribution in [0.15, 0.2) is 4.99 Å². The number of aromatic nitrogens is 3. The quantitative estimate of drug-likeness (QED) is 0.432. The summed E-state index contributed by atoms with van der Waals surface area (Å²) in [5.74, 6) is 4.18. The van der Waals surface area contributed by atoms with E-state index in [2.05, 4.69) is 43.6 Å². The number of nitrogens with zero attached hydrogens (tertiary/aromatic N) is 4. The molecule has 1 aliphatic rings. The summed E-state index contributed by atoms with van der Waals surface area (Å²) in [5.41, 5.74) is 0. The van der Waals surface area contributed by atoms with Gasteiger partial charge in [0.1, 0.15) is 12.4 Å². The summed E-state index contributed by atoms with van der Waals surface area (Å²) >= 11 is 1.90. The van der Waals surface area contributed by atoms with E-state index >= 15 is 0 Å². The highest BCUT2D eigenvalue weighted by molar-refractivity contribution is 7.98. The second-order valence-corrected chi connectivity index (χ2v) is 6.10. The van der Waals surface area contributed by atoms with Crippen molar-refractivity contribution in [3.63, 3.8) is 0 Å². The molecule has 0 radical (unpaired) electrons. The molecule has 1 aromatic rings. The first-order valence-corrected chi connectivity index (χ1v) is 9.16. The van der Waals surface area contributed by atoms with Gasteiger partial charge in [0.25, 0.3) is 0 Å². The summed E-state index contributed by atoms with van der Waals surface area (Å²) in [5, 5.41) is 15.1. The normalized spacial score (nSPS) is 14.3. The molecule has 1 aromatic heterocycles. The van der Waals surface area contributed by atoms with Gasteiger partial charge in [-0.05, 0) is 38.2 Å². The Bertz CT molecular complexity index is 456. The number of guanidine groups is 1. The van der Waals surface area contributed by atoms with Crippen molar-refractivity contribution in [1.29, 1.82) is 0 Å². The number of nitrogens with one attached hydrogen (secondary N) is 2. The van der Waals surface area contributed by atoms with Crippen LogP contribution in [0.2, 0.25) is 0 Å². The Kier molecular flexibility index (Phi) is 6.85. The van der Waals surface area contributed by atoms with Gasteiger partial charge in [0.05, 0.1) is 0 Å². The maximum Gasteiger partial charge on any atom is 0.191 e. The Labute approximate surface area is 131 Å². The Morgan fingerprint density at radius 1 is 1.33 bits per heavy atom. The third kappa shape index (κ3) is 4.91. The van der Waals surface area contributed by atoms with Crippen LogP contribution in [-0.2, 0) is 19.5 Å². The van der Waals surface area contributed by atoms with Crippen molar-refractivity contribution < 1.29 is 0 Å². The molecule has 0 fully saturated rings. The van der Waals surface area contributed by atoms with Crippen molar-refractivity contribution in [2.75, 3.05) is 25.1 Å². The highest BCUT2D eigenvalue weighted by Gasteiger charge is 2.16. The van der Waals surface area contributed by atoms with Gasteiger partial charge in [0, 0.05) is 26.1 Å². The van der Waals surface area contributed by atoms with Crippen LogP contribution in [0.1, 0.15) is 37.8 Å². The molecule has 21 heavy (non-hydrogen) atoms. The maximum atomic E-state index is 4.62. The minimum absolute atomic E-state index is 0.590. The number of aryl methyl sites for hydroxylation is 1. The molecular formula is C14H26N6S. The molecule has 2 heterocycles. The number of thioether (sulfide) groups is 1. The van der Waals surface area contributed by atoms with Gasteiger partial charge in [0.2, 0.25) is 0 Å². The van der Waals surface area contributed by atoms with E-state index < -0.39 is 0 Å². The van der Waals surface area contributed by atoms with Gasteiger partial charge in [0.15, 0.2) is 11.8 Å². The lowest BCUT2D eigenvalue weighted by molar-refractivity contribution is 0.681. The molecule has 7 heteroatoms. The molecule has 6 nitrogen and oxygen atoms in total. The summed E-state index contributed by atoms with van der Waals surface area (Å²) in [4.78, 5) is 4.62. The van der Waals surface area contributed by atoms with Crippen molar-refractivity contribution in [3.8, 4) is 0 Å². The number of fused-ring (bicyclic) bond motifs is 1. The van der Waals surface area contributed by atoms with Crippen molar-refractivity contribution in [2.45, 2.75) is 45.7 Å². The van der Waals surface area contributed by atoms with Crippen LogP contribution < -0.4 is 10.6 Å². The highest BCUT2D eigenvalue weighted by atomic mass is 32.2. The maximum absolute atomic E-state index is 4.62. The van der Waals surface area contributed by atoms with Crippen LogP contribution in [0.25, 0.3) is 0 Å². The molecule has 0 saturated carbocycles. The minimum Gasteiger partial charge on any atom is -0.357 e. The summed E-state index contributed by atoms with van der Waals surface area (Å²) < 4.78 is 2.20. The van der Waals surface area contributed by atoms with Gasteiger partial charge in [-0.3, -0.25) is 0 Å². The first kappa shape index (κ1) is 16.1. The van der Waals surface area contributed by atoms with E-state index in [1.165, 1.54) is 25.0 Å². The molecule has 0 atom stereocenters. The Balaban J connectivity index is 1.82. The van der Waals surface area contributed by atoms with Gasteiger partial charge in [-0.25, -0.2) is 4.99 Å². The lowest BCUT2D eigenvalue weighted by Crippen LogP contribution is -2.37. The minimum atomic E-state index is 0.590. The van der Waals surface area contributed by atoms with Crippen LogP contribution in [0.3, 0.4) is 0 Å². The Hall–Kier alpha value is -1.24. The molecule has 2 N–H and O–H groups in total. The van der Waals surface area contributed by atoms with E-state index in [-0.39, 0.29) is 0 Å². The van der Waals surface area contributed by atoms with E-state index in [0.29, 0.717) is 6.54 Å². The first-order chi connectivity index (χ1) is 10.3. The number of hydrogen-bond acceptors (Lipinski definition) is 4. The predicted octanol–water partition coefficient (Wildman–Crippen LogP) is 1.42. The molecule has 0 spiro atoms. The van der Waals surface area contributed by atoms with E-state index in [1.807, 2.05) is 11.8 Å². The zero-order valence-corrected chi connectivity index (χ0v) is 13.9. The zero-order chi connectivity index (χ0) is 14.9. The fourth-order valence-electron chi connectivity index (χ4n) is 2.40. The van der Waals surface area contributed by atoms with Crippen LogP contribution in [0.4, 0.5) is 0 Å². The highest BCUT2D eigenvalue weighted by Crippen LogP contribution is 2.14. The second kappa shape index (κ2) is 8.92. The third-order valence-electron chi connectivity index (χ3n) is 3.48. The topological polar surface area (TPSA) is 67.1 Å². The van der Waals surface area contributed by atoms with Crippen LogP contribution in [-0.4, -0.2) is 45.8 Å². The van der Waals surface area contributed by atoms with E-state index in [0.717, 1.165) is 43.7 Å². The standard InChI is InChI=1S/C14H26N6S/c1-3-15-14(16-8-4-5-10-21-2)17-11-13-19-18-12-7-6-9-20(12)13/h3-11H2,1-2H3,(H2,15,16,17). The van der Waals surface area contributed by atoms with E-state index in [9.17, 15) is 0 Å².